The lowest BCUT2D eigenvalue weighted by Gasteiger charge is -2.17. The minimum absolute atomic E-state index is 0.0660. The first-order valence-electron chi connectivity index (χ1n) is 7.83. The highest BCUT2D eigenvalue weighted by Crippen LogP contribution is 2.27. The summed E-state index contributed by atoms with van der Waals surface area (Å²) in [5, 5.41) is 1.01. The number of amides is 1. The average molecular weight is 411 g/mol. The van der Waals surface area contributed by atoms with Crippen LogP contribution >= 0.6 is 34.7 Å². The van der Waals surface area contributed by atoms with Crippen molar-refractivity contribution >= 4 is 46.4 Å². The van der Waals surface area contributed by atoms with Crippen molar-refractivity contribution in [1.29, 1.82) is 0 Å². The summed E-state index contributed by atoms with van der Waals surface area (Å²) in [6.07, 6.45) is 0. The Kier molecular flexibility index (Phi) is 5.60. The molecule has 1 atom stereocenters. The van der Waals surface area contributed by atoms with Crippen LogP contribution in [0, 0.1) is 5.92 Å². The molecule has 0 fully saturated rings. The van der Waals surface area contributed by atoms with Crippen LogP contribution in [0.25, 0.3) is 5.78 Å². The van der Waals surface area contributed by atoms with Crippen molar-refractivity contribution in [2.45, 2.75) is 19.8 Å². The van der Waals surface area contributed by atoms with E-state index in [1.54, 1.807) is 22.0 Å². The number of halogens is 2. The molecule has 0 saturated heterocycles. The molecule has 1 amide bonds. The highest BCUT2D eigenvalue weighted by atomic mass is 35.5. The van der Waals surface area contributed by atoms with Gasteiger partial charge in [0.2, 0.25) is 10.7 Å². The van der Waals surface area contributed by atoms with Gasteiger partial charge in [-0.2, -0.15) is 15.0 Å². The minimum atomic E-state index is -0.387. The van der Waals surface area contributed by atoms with Gasteiger partial charge in [-0.1, -0.05) is 49.2 Å². The van der Waals surface area contributed by atoms with E-state index in [-0.39, 0.29) is 22.5 Å². The van der Waals surface area contributed by atoms with E-state index in [1.807, 2.05) is 26.0 Å². The molecule has 2 heterocycles. The third-order valence-electron chi connectivity index (χ3n) is 3.77. The molecule has 3 rings (SSSR count). The number of fused-ring (bicyclic) bond motifs is 1. The summed E-state index contributed by atoms with van der Waals surface area (Å²) in [6.45, 7) is 3.95. The monoisotopic (exact) mass is 410 g/mol. The molecule has 0 N–H and O–H groups in total. The Morgan fingerprint density at radius 3 is 2.54 bits per heavy atom. The van der Waals surface area contributed by atoms with E-state index in [0.29, 0.717) is 21.8 Å². The predicted molar refractivity (Wildman–Crippen MR) is 102 cm³/mol. The Hall–Kier alpha value is -1.96. The molecule has 26 heavy (non-hydrogen) atoms. The highest BCUT2D eigenvalue weighted by Gasteiger charge is 2.24. The van der Waals surface area contributed by atoms with Crippen LogP contribution in [0.3, 0.4) is 0 Å². The van der Waals surface area contributed by atoms with Crippen molar-refractivity contribution in [1.82, 2.24) is 13.8 Å². The summed E-state index contributed by atoms with van der Waals surface area (Å²) in [7, 11) is 1.50. The quantitative estimate of drug-likeness (QED) is 0.610. The van der Waals surface area contributed by atoms with Crippen LogP contribution in [0.1, 0.15) is 25.3 Å². The summed E-state index contributed by atoms with van der Waals surface area (Å²) >= 11 is 13.3. The van der Waals surface area contributed by atoms with E-state index >= 15 is 0 Å². The maximum atomic E-state index is 12.8. The van der Waals surface area contributed by atoms with E-state index < -0.39 is 0 Å². The molecule has 0 spiro atoms. The second kappa shape index (κ2) is 7.73. The third kappa shape index (κ3) is 3.90. The second-order valence-electron chi connectivity index (χ2n) is 5.92. The molecule has 0 radical (unpaired) electrons. The summed E-state index contributed by atoms with van der Waals surface area (Å²) in [5.41, 5.74) is 0.866. The van der Waals surface area contributed by atoms with Crippen molar-refractivity contribution in [3.63, 3.8) is 0 Å². The number of aromatic nitrogens is 3. The molecule has 0 saturated carbocycles. The van der Waals surface area contributed by atoms with Crippen molar-refractivity contribution in [2.24, 2.45) is 10.9 Å². The minimum Gasteiger partial charge on any atom is -0.481 e. The highest BCUT2D eigenvalue weighted by molar-refractivity contribution is 7.04. The molecule has 6 nitrogen and oxygen atoms in total. The van der Waals surface area contributed by atoms with Gasteiger partial charge in [0.1, 0.15) is 5.15 Å². The second-order valence-corrected chi connectivity index (χ2v) is 7.66. The van der Waals surface area contributed by atoms with Crippen molar-refractivity contribution in [3.05, 3.63) is 50.9 Å². The standard InChI is InChI=1S/C17H16Cl2N4O2S/c1-9(2)14(10-4-6-11(18)7-5-10)15(24)21-17-22-16-20-13(25-3)8-12(19)23(16)26-17/h4-9,14H,1-3H3/t14-/m0/s1. The first-order chi connectivity index (χ1) is 12.4. The van der Waals surface area contributed by atoms with Crippen LogP contribution < -0.4 is 9.54 Å². The van der Waals surface area contributed by atoms with Crippen LogP contribution in [0.5, 0.6) is 5.88 Å². The first-order valence-corrected chi connectivity index (χ1v) is 9.36. The molecular formula is C17H16Cl2N4O2S. The van der Waals surface area contributed by atoms with Gasteiger partial charge in [-0.25, -0.2) is 3.79 Å². The van der Waals surface area contributed by atoms with Crippen molar-refractivity contribution < 1.29 is 9.53 Å². The van der Waals surface area contributed by atoms with Crippen LogP contribution in [0.4, 0.5) is 0 Å². The Labute approximate surface area is 164 Å². The topological polar surface area (TPSA) is 68.8 Å². The van der Waals surface area contributed by atoms with E-state index in [9.17, 15) is 4.79 Å². The number of hydrogen-bond donors (Lipinski definition) is 0. The number of benzene rings is 1. The lowest BCUT2D eigenvalue weighted by Crippen LogP contribution is -2.19. The molecule has 0 aliphatic heterocycles. The number of ether oxygens (including phenoxy) is 1. The maximum Gasteiger partial charge on any atom is 0.256 e. The third-order valence-corrected chi connectivity index (χ3v) is 5.29. The summed E-state index contributed by atoms with van der Waals surface area (Å²) < 4.78 is 6.66. The van der Waals surface area contributed by atoms with E-state index in [2.05, 4.69) is 15.0 Å². The molecule has 2 aromatic heterocycles. The first kappa shape index (κ1) is 18.8. The van der Waals surface area contributed by atoms with Crippen LogP contribution in [-0.2, 0) is 4.79 Å². The number of rotatable bonds is 4. The van der Waals surface area contributed by atoms with Gasteiger partial charge in [0.25, 0.3) is 11.7 Å². The van der Waals surface area contributed by atoms with Crippen molar-refractivity contribution in [2.75, 3.05) is 7.11 Å². The van der Waals surface area contributed by atoms with Gasteiger partial charge in [0, 0.05) is 11.1 Å². The zero-order valence-electron chi connectivity index (χ0n) is 14.3. The Balaban J connectivity index is 2.01. The molecule has 0 aliphatic carbocycles. The van der Waals surface area contributed by atoms with Crippen LogP contribution in [0.2, 0.25) is 10.2 Å². The molecule has 136 valence electrons. The number of carbonyl (C=O) groups excluding carboxylic acids is 1. The van der Waals surface area contributed by atoms with Gasteiger partial charge in [-0.05, 0) is 35.1 Å². The summed E-state index contributed by atoms with van der Waals surface area (Å²) in [6, 6.07) is 8.79. The average Bonchev–Trinajstić information content (AvgIpc) is 2.99. The molecule has 0 unspecified atom stereocenters. The molecule has 3 aromatic rings. The van der Waals surface area contributed by atoms with Crippen LogP contribution in [-0.4, -0.2) is 26.8 Å². The van der Waals surface area contributed by atoms with Gasteiger partial charge in [-0.15, -0.1) is 0 Å². The maximum absolute atomic E-state index is 12.8. The van der Waals surface area contributed by atoms with E-state index in [0.717, 1.165) is 17.1 Å². The van der Waals surface area contributed by atoms with E-state index in [1.165, 1.54) is 7.11 Å². The normalized spacial score (nSPS) is 13.4. The molecule has 1 aromatic carbocycles. The lowest BCUT2D eigenvalue weighted by molar-refractivity contribution is -0.120. The van der Waals surface area contributed by atoms with Gasteiger partial charge < -0.3 is 4.74 Å². The largest absolute Gasteiger partial charge is 0.481 e. The van der Waals surface area contributed by atoms with Crippen molar-refractivity contribution in [3.8, 4) is 5.88 Å². The number of hydrogen-bond acceptors (Lipinski definition) is 5. The van der Waals surface area contributed by atoms with E-state index in [4.69, 9.17) is 27.9 Å². The Morgan fingerprint density at radius 2 is 1.92 bits per heavy atom. The fraction of sp³-hybridized carbons (Fsp3) is 0.294. The van der Waals surface area contributed by atoms with Crippen LogP contribution in [0.15, 0.2) is 35.3 Å². The molecule has 0 aliphatic rings. The number of carbonyl (C=O) groups is 1. The van der Waals surface area contributed by atoms with Gasteiger partial charge in [0.15, 0.2) is 0 Å². The lowest BCUT2D eigenvalue weighted by atomic mass is 9.88. The molecule has 0 bridgehead atoms. The Bertz CT molecular complexity index is 1010. The Morgan fingerprint density at radius 1 is 1.23 bits per heavy atom. The fourth-order valence-corrected chi connectivity index (χ4v) is 3.69. The molecule has 9 heteroatoms. The van der Waals surface area contributed by atoms with Gasteiger partial charge >= 0.3 is 0 Å². The predicted octanol–water partition coefficient (Wildman–Crippen LogP) is 3.97. The fourth-order valence-electron chi connectivity index (χ4n) is 2.57. The summed E-state index contributed by atoms with van der Waals surface area (Å²) in [5.74, 6) is 0.0847. The number of methoxy groups -OCH3 is 1. The SMILES string of the molecule is COc1cc(Cl)n2sc(=NC(=O)[C@H](c3ccc(Cl)cc3)C(C)C)nc2n1. The number of nitrogens with zero attached hydrogens (tertiary/aromatic N) is 4. The zero-order valence-corrected chi connectivity index (χ0v) is 16.6. The van der Waals surface area contributed by atoms with Gasteiger partial charge in [-0.3, -0.25) is 4.79 Å². The summed E-state index contributed by atoms with van der Waals surface area (Å²) in [4.78, 5) is 25.8. The molecular weight excluding hydrogens is 395 g/mol. The van der Waals surface area contributed by atoms with Gasteiger partial charge in [0.05, 0.1) is 13.0 Å². The zero-order chi connectivity index (χ0) is 18.8. The smallest absolute Gasteiger partial charge is 0.256 e.